The number of fused-ring (bicyclic) bond motifs is 1. The molecule has 1 aromatic heterocycles. The molecule has 0 spiro atoms. The first kappa shape index (κ1) is 18.6. The van der Waals surface area contributed by atoms with Crippen LogP contribution in [0.5, 0.6) is 11.5 Å². The molecule has 0 unspecified atom stereocenters. The lowest BCUT2D eigenvalue weighted by Crippen LogP contribution is -2.07. The second-order valence-corrected chi connectivity index (χ2v) is 6.04. The molecule has 5 nitrogen and oxygen atoms in total. The Labute approximate surface area is 156 Å². The minimum absolute atomic E-state index is 0.0756. The van der Waals surface area contributed by atoms with Crippen molar-refractivity contribution in [1.29, 1.82) is 0 Å². The second-order valence-electron chi connectivity index (χ2n) is 6.04. The fourth-order valence-corrected chi connectivity index (χ4v) is 2.64. The highest BCUT2D eigenvalue weighted by Crippen LogP contribution is 2.23. The Morgan fingerprint density at radius 2 is 1.67 bits per heavy atom. The number of nitrogens with zero attached hydrogens (tertiary/aromatic N) is 1. The number of benzene rings is 2. The van der Waals surface area contributed by atoms with Crippen LogP contribution < -0.4 is 9.47 Å². The van der Waals surface area contributed by atoms with Crippen molar-refractivity contribution < 1.29 is 23.8 Å². The molecule has 6 heteroatoms. The van der Waals surface area contributed by atoms with Crippen LogP contribution in [-0.2, 0) is 0 Å². The summed E-state index contributed by atoms with van der Waals surface area (Å²) in [5, 5.41) is 10.2. The van der Waals surface area contributed by atoms with Gasteiger partial charge < -0.3 is 14.6 Å². The van der Waals surface area contributed by atoms with Crippen LogP contribution in [0.25, 0.3) is 10.9 Å². The number of rotatable bonds is 9. The number of carboxylic acid groups (broad SMARTS) is 1. The molecule has 0 bridgehead atoms. The van der Waals surface area contributed by atoms with Crippen molar-refractivity contribution in [2.45, 2.75) is 19.3 Å². The van der Waals surface area contributed by atoms with Crippen molar-refractivity contribution in [3.63, 3.8) is 0 Å². The van der Waals surface area contributed by atoms with Gasteiger partial charge in [-0.15, -0.1) is 0 Å². The Morgan fingerprint density at radius 3 is 2.41 bits per heavy atom. The van der Waals surface area contributed by atoms with Gasteiger partial charge in [-0.05, 0) is 55.7 Å². The lowest BCUT2D eigenvalue weighted by atomic mass is 10.2. The summed E-state index contributed by atoms with van der Waals surface area (Å²) in [7, 11) is 0. The van der Waals surface area contributed by atoms with Gasteiger partial charge in [0.15, 0.2) is 11.4 Å². The predicted octanol–water partition coefficient (Wildman–Crippen LogP) is 4.70. The van der Waals surface area contributed by atoms with E-state index in [0.717, 1.165) is 24.6 Å². The fourth-order valence-electron chi connectivity index (χ4n) is 2.64. The van der Waals surface area contributed by atoms with Crippen molar-refractivity contribution in [2.75, 3.05) is 13.2 Å². The molecule has 27 heavy (non-hydrogen) atoms. The maximum Gasteiger partial charge on any atom is 0.358 e. The van der Waals surface area contributed by atoms with Crippen LogP contribution in [0.3, 0.4) is 0 Å². The summed E-state index contributed by atoms with van der Waals surface area (Å²) < 4.78 is 24.0. The average molecular weight is 369 g/mol. The number of ether oxygens (including phenoxy) is 2. The zero-order chi connectivity index (χ0) is 19.1. The van der Waals surface area contributed by atoms with Gasteiger partial charge in [0, 0.05) is 5.39 Å². The predicted molar refractivity (Wildman–Crippen MR) is 99.9 cm³/mol. The van der Waals surface area contributed by atoms with Gasteiger partial charge in [0.1, 0.15) is 11.6 Å². The first-order chi connectivity index (χ1) is 13.1. The van der Waals surface area contributed by atoms with Crippen molar-refractivity contribution in [3.8, 4) is 11.5 Å². The lowest BCUT2D eigenvalue weighted by molar-refractivity contribution is 0.0685. The number of aromatic carboxylic acids is 1. The van der Waals surface area contributed by atoms with Crippen molar-refractivity contribution in [1.82, 2.24) is 4.98 Å². The molecule has 0 saturated carbocycles. The lowest BCUT2D eigenvalue weighted by Gasteiger charge is -2.10. The van der Waals surface area contributed by atoms with E-state index < -0.39 is 5.97 Å². The van der Waals surface area contributed by atoms with Crippen LogP contribution in [0.2, 0.25) is 0 Å². The third-order valence-electron chi connectivity index (χ3n) is 4.02. The Balaban J connectivity index is 1.45. The summed E-state index contributed by atoms with van der Waals surface area (Å²) in [5.41, 5.74) is 0.550. The van der Waals surface area contributed by atoms with Gasteiger partial charge in [-0.25, -0.2) is 14.2 Å². The van der Waals surface area contributed by atoms with E-state index in [-0.39, 0.29) is 17.3 Å². The highest BCUT2D eigenvalue weighted by atomic mass is 19.1. The molecular formula is C21H20FNO4. The van der Waals surface area contributed by atoms with Crippen LogP contribution >= 0.6 is 0 Å². The van der Waals surface area contributed by atoms with E-state index in [0.29, 0.717) is 24.5 Å². The van der Waals surface area contributed by atoms with E-state index in [4.69, 9.17) is 9.47 Å². The van der Waals surface area contributed by atoms with Gasteiger partial charge in [-0.3, -0.25) is 0 Å². The number of para-hydroxylation sites is 1. The van der Waals surface area contributed by atoms with Gasteiger partial charge in [0.25, 0.3) is 0 Å². The molecule has 0 aliphatic heterocycles. The number of pyridine rings is 1. The van der Waals surface area contributed by atoms with Gasteiger partial charge in [0.2, 0.25) is 0 Å². The molecule has 2 aromatic carbocycles. The summed E-state index contributed by atoms with van der Waals surface area (Å²) in [6, 6.07) is 15.0. The Bertz CT molecular complexity index is 912. The summed E-state index contributed by atoms with van der Waals surface area (Å²) in [5.74, 6) is -0.475. The molecule has 0 aliphatic carbocycles. The van der Waals surface area contributed by atoms with Gasteiger partial charge in [0.05, 0.1) is 18.7 Å². The van der Waals surface area contributed by atoms with Crippen molar-refractivity contribution in [2.24, 2.45) is 0 Å². The molecule has 3 aromatic rings. The Morgan fingerprint density at radius 1 is 0.963 bits per heavy atom. The van der Waals surface area contributed by atoms with Crippen molar-refractivity contribution in [3.05, 3.63) is 66.1 Å². The summed E-state index contributed by atoms with van der Waals surface area (Å²) >= 11 is 0. The number of aromatic nitrogens is 1. The number of hydrogen-bond acceptors (Lipinski definition) is 4. The van der Waals surface area contributed by atoms with E-state index in [1.54, 1.807) is 24.3 Å². The second kappa shape index (κ2) is 8.98. The molecule has 0 amide bonds. The monoisotopic (exact) mass is 369 g/mol. The van der Waals surface area contributed by atoms with Gasteiger partial charge >= 0.3 is 5.97 Å². The molecule has 0 saturated heterocycles. The van der Waals surface area contributed by atoms with Crippen LogP contribution in [0.4, 0.5) is 4.39 Å². The van der Waals surface area contributed by atoms with Gasteiger partial charge in [-0.1, -0.05) is 18.2 Å². The molecule has 0 radical (unpaired) electrons. The van der Waals surface area contributed by atoms with Crippen LogP contribution in [0, 0.1) is 5.82 Å². The molecule has 140 valence electrons. The number of hydrogen-bond donors (Lipinski definition) is 1. The Kier molecular flexibility index (Phi) is 6.20. The molecule has 1 N–H and O–H groups in total. The number of carbonyl (C=O) groups is 1. The molecule has 3 rings (SSSR count). The van der Waals surface area contributed by atoms with E-state index >= 15 is 0 Å². The van der Waals surface area contributed by atoms with Crippen LogP contribution in [0.1, 0.15) is 29.8 Å². The summed E-state index contributed by atoms with van der Waals surface area (Å²) in [4.78, 5) is 15.6. The van der Waals surface area contributed by atoms with E-state index in [1.165, 1.54) is 12.1 Å². The van der Waals surface area contributed by atoms with Crippen LogP contribution in [0.15, 0.2) is 54.6 Å². The first-order valence-electron chi connectivity index (χ1n) is 8.78. The summed E-state index contributed by atoms with van der Waals surface area (Å²) in [6.07, 6.45) is 2.45. The average Bonchev–Trinajstić information content (AvgIpc) is 2.68. The molecule has 1 heterocycles. The maximum atomic E-state index is 12.8. The summed E-state index contributed by atoms with van der Waals surface area (Å²) in [6.45, 7) is 0.931. The van der Waals surface area contributed by atoms with E-state index in [2.05, 4.69) is 4.98 Å². The minimum Gasteiger partial charge on any atom is -0.494 e. The van der Waals surface area contributed by atoms with E-state index in [9.17, 15) is 14.3 Å². The number of carboxylic acids is 1. The maximum absolute atomic E-state index is 12.8. The highest BCUT2D eigenvalue weighted by Gasteiger charge is 2.14. The third-order valence-corrected chi connectivity index (χ3v) is 4.02. The molecule has 0 atom stereocenters. The minimum atomic E-state index is -1.11. The molecular weight excluding hydrogens is 349 g/mol. The third kappa shape index (κ3) is 5.17. The standard InChI is InChI=1S/C21H20FNO4/c22-16-8-10-17(11-9-16)26-12-4-1-5-13-27-19-14-15-6-2-3-7-18(15)23-20(19)21(24)25/h2-3,6-11,14H,1,4-5,12-13H2,(H,24,25). The quantitative estimate of drug-likeness (QED) is 0.554. The largest absolute Gasteiger partial charge is 0.494 e. The van der Waals surface area contributed by atoms with Gasteiger partial charge in [-0.2, -0.15) is 0 Å². The van der Waals surface area contributed by atoms with Crippen LogP contribution in [-0.4, -0.2) is 29.3 Å². The topological polar surface area (TPSA) is 68.7 Å². The normalized spacial score (nSPS) is 10.7. The molecule has 0 fully saturated rings. The molecule has 0 aliphatic rings. The zero-order valence-corrected chi connectivity index (χ0v) is 14.7. The first-order valence-corrected chi connectivity index (χ1v) is 8.78. The van der Waals surface area contributed by atoms with E-state index in [1.807, 2.05) is 18.2 Å². The Hall–Kier alpha value is -3.15. The van der Waals surface area contributed by atoms with Crippen molar-refractivity contribution >= 4 is 16.9 Å². The highest BCUT2D eigenvalue weighted by molar-refractivity contribution is 5.93. The fraction of sp³-hybridized carbons (Fsp3) is 0.238. The number of unbranched alkanes of at least 4 members (excludes halogenated alkanes) is 2. The zero-order valence-electron chi connectivity index (χ0n) is 14.7. The SMILES string of the molecule is O=C(O)c1nc2ccccc2cc1OCCCCCOc1ccc(F)cc1. The number of halogens is 1. The smallest absolute Gasteiger partial charge is 0.358 e.